The molecular formula is C16H22INO2. The number of ether oxygens (including phenoxy) is 1. The van der Waals surface area contributed by atoms with Crippen molar-refractivity contribution in [2.45, 2.75) is 44.8 Å². The number of nitrogens with zero attached hydrogens (tertiary/aromatic N) is 1. The predicted octanol–water partition coefficient (Wildman–Crippen LogP) is 4.39. The number of benzene rings is 1. The lowest BCUT2D eigenvalue weighted by Crippen LogP contribution is -2.44. The van der Waals surface area contributed by atoms with Crippen LogP contribution in [0.15, 0.2) is 30.3 Å². The molecule has 4 heteroatoms. The molecular weight excluding hydrogens is 365 g/mol. The van der Waals surface area contributed by atoms with E-state index in [0.717, 1.165) is 35.8 Å². The molecule has 1 fully saturated rings. The number of hydrogen-bond donors (Lipinski definition) is 0. The number of halogens is 1. The van der Waals surface area contributed by atoms with Gasteiger partial charge in [-0.2, -0.15) is 0 Å². The summed E-state index contributed by atoms with van der Waals surface area (Å²) in [6.45, 7) is 1.22. The second-order valence-electron chi connectivity index (χ2n) is 5.21. The Labute approximate surface area is 134 Å². The van der Waals surface area contributed by atoms with E-state index in [4.69, 9.17) is 4.74 Å². The lowest BCUT2D eigenvalue weighted by atomic mass is 9.99. The van der Waals surface area contributed by atoms with Gasteiger partial charge in [0.25, 0.3) is 0 Å². The molecule has 1 aromatic carbocycles. The van der Waals surface area contributed by atoms with E-state index in [9.17, 15) is 4.79 Å². The van der Waals surface area contributed by atoms with E-state index in [0.29, 0.717) is 12.6 Å². The Morgan fingerprint density at radius 1 is 1.30 bits per heavy atom. The largest absolute Gasteiger partial charge is 0.445 e. The SMILES string of the molecule is O=C(OCc1ccccc1)N1CCCCC1CCCI. The molecule has 1 aliphatic heterocycles. The van der Waals surface area contributed by atoms with Crippen molar-refractivity contribution >= 4 is 28.7 Å². The van der Waals surface area contributed by atoms with Crippen molar-refractivity contribution in [2.75, 3.05) is 11.0 Å². The van der Waals surface area contributed by atoms with Gasteiger partial charge in [0.1, 0.15) is 6.61 Å². The number of piperidine rings is 1. The summed E-state index contributed by atoms with van der Waals surface area (Å²) in [4.78, 5) is 14.2. The second-order valence-corrected chi connectivity index (χ2v) is 6.29. The normalized spacial score (nSPS) is 18.9. The summed E-state index contributed by atoms with van der Waals surface area (Å²) in [5.74, 6) is 0. The van der Waals surface area contributed by atoms with Crippen molar-refractivity contribution < 1.29 is 9.53 Å². The number of amides is 1. The number of rotatable bonds is 5. The molecule has 0 aliphatic carbocycles. The van der Waals surface area contributed by atoms with Gasteiger partial charge < -0.3 is 9.64 Å². The van der Waals surface area contributed by atoms with Gasteiger partial charge in [0.05, 0.1) is 0 Å². The van der Waals surface area contributed by atoms with Crippen LogP contribution in [0, 0.1) is 0 Å². The molecule has 3 nitrogen and oxygen atoms in total. The van der Waals surface area contributed by atoms with E-state index >= 15 is 0 Å². The highest BCUT2D eigenvalue weighted by atomic mass is 127. The first-order chi connectivity index (χ1) is 9.81. The molecule has 0 N–H and O–H groups in total. The molecule has 110 valence electrons. The van der Waals surface area contributed by atoms with E-state index in [1.807, 2.05) is 35.2 Å². The summed E-state index contributed by atoms with van der Waals surface area (Å²) >= 11 is 2.40. The molecule has 1 unspecified atom stereocenters. The standard InChI is InChI=1S/C16H22INO2/c17-11-6-10-15-9-4-5-12-18(15)16(19)20-13-14-7-2-1-3-8-14/h1-3,7-8,15H,4-6,9-13H2. The summed E-state index contributed by atoms with van der Waals surface area (Å²) in [7, 11) is 0. The van der Waals surface area contributed by atoms with Crippen LogP contribution in [0.2, 0.25) is 0 Å². The fourth-order valence-electron chi connectivity index (χ4n) is 2.66. The van der Waals surface area contributed by atoms with E-state index in [-0.39, 0.29) is 6.09 Å². The first-order valence-corrected chi connectivity index (χ1v) is 8.87. The maximum Gasteiger partial charge on any atom is 0.410 e. The predicted molar refractivity (Wildman–Crippen MR) is 89.1 cm³/mol. The summed E-state index contributed by atoms with van der Waals surface area (Å²) in [5, 5.41) is 0. The van der Waals surface area contributed by atoms with Gasteiger partial charge in [-0.05, 0) is 42.1 Å². The van der Waals surface area contributed by atoms with Gasteiger partial charge in [-0.15, -0.1) is 0 Å². The summed E-state index contributed by atoms with van der Waals surface area (Å²) in [6.07, 6.45) is 5.58. The molecule has 1 saturated heterocycles. The third-order valence-corrected chi connectivity index (χ3v) is 4.50. The minimum atomic E-state index is -0.146. The fraction of sp³-hybridized carbons (Fsp3) is 0.562. The van der Waals surface area contributed by atoms with Crippen LogP contribution in [-0.4, -0.2) is 28.0 Å². The minimum absolute atomic E-state index is 0.146. The first-order valence-electron chi connectivity index (χ1n) is 7.34. The topological polar surface area (TPSA) is 29.5 Å². The highest BCUT2D eigenvalue weighted by molar-refractivity contribution is 14.1. The third kappa shape index (κ3) is 4.65. The van der Waals surface area contributed by atoms with Crippen LogP contribution >= 0.6 is 22.6 Å². The Kier molecular flexibility index (Phi) is 6.63. The molecule has 0 radical (unpaired) electrons. The van der Waals surface area contributed by atoms with Crippen molar-refractivity contribution in [3.63, 3.8) is 0 Å². The first kappa shape index (κ1) is 15.6. The maximum absolute atomic E-state index is 12.2. The van der Waals surface area contributed by atoms with Gasteiger partial charge in [-0.25, -0.2) is 4.79 Å². The Morgan fingerprint density at radius 2 is 2.10 bits per heavy atom. The van der Waals surface area contributed by atoms with Gasteiger partial charge >= 0.3 is 6.09 Å². The van der Waals surface area contributed by atoms with E-state index in [2.05, 4.69) is 22.6 Å². The molecule has 1 aliphatic rings. The maximum atomic E-state index is 12.2. The number of carbonyl (C=O) groups is 1. The molecule has 2 rings (SSSR count). The van der Waals surface area contributed by atoms with Crippen LogP contribution < -0.4 is 0 Å². The Hall–Kier alpha value is -0.780. The van der Waals surface area contributed by atoms with Gasteiger partial charge in [0.2, 0.25) is 0 Å². The molecule has 0 saturated carbocycles. The van der Waals surface area contributed by atoms with Crippen molar-refractivity contribution in [3.8, 4) is 0 Å². The Balaban J connectivity index is 1.85. The number of hydrogen-bond acceptors (Lipinski definition) is 2. The lowest BCUT2D eigenvalue weighted by Gasteiger charge is -2.35. The van der Waals surface area contributed by atoms with Crippen molar-refractivity contribution in [3.05, 3.63) is 35.9 Å². The highest BCUT2D eigenvalue weighted by Gasteiger charge is 2.27. The molecule has 0 aromatic heterocycles. The fourth-order valence-corrected chi connectivity index (χ4v) is 3.10. The molecule has 0 bridgehead atoms. The molecule has 0 spiro atoms. The zero-order valence-electron chi connectivity index (χ0n) is 11.8. The molecule has 1 heterocycles. The molecule has 1 aromatic rings. The number of likely N-dealkylation sites (tertiary alicyclic amines) is 1. The second kappa shape index (κ2) is 8.49. The molecule has 1 atom stereocenters. The third-order valence-electron chi connectivity index (χ3n) is 3.74. The van der Waals surface area contributed by atoms with Gasteiger partial charge in [0, 0.05) is 12.6 Å². The Bertz CT molecular complexity index is 410. The van der Waals surface area contributed by atoms with Gasteiger partial charge in [-0.1, -0.05) is 52.9 Å². The average Bonchev–Trinajstić information content (AvgIpc) is 2.52. The quantitative estimate of drug-likeness (QED) is 0.554. The Morgan fingerprint density at radius 3 is 2.85 bits per heavy atom. The monoisotopic (exact) mass is 387 g/mol. The van der Waals surface area contributed by atoms with E-state index in [1.165, 1.54) is 12.8 Å². The van der Waals surface area contributed by atoms with Crippen LogP contribution in [-0.2, 0) is 11.3 Å². The van der Waals surface area contributed by atoms with Crippen molar-refractivity contribution in [2.24, 2.45) is 0 Å². The van der Waals surface area contributed by atoms with Gasteiger partial charge in [0.15, 0.2) is 0 Å². The van der Waals surface area contributed by atoms with Crippen LogP contribution in [0.1, 0.15) is 37.7 Å². The highest BCUT2D eigenvalue weighted by Crippen LogP contribution is 2.22. The summed E-state index contributed by atoms with van der Waals surface area (Å²) in [6, 6.07) is 10.2. The van der Waals surface area contributed by atoms with Crippen LogP contribution in [0.5, 0.6) is 0 Å². The summed E-state index contributed by atoms with van der Waals surface area (Å²) < 4.78 is 6.62. The molecule has 20 heavy (non-hydrogen) atoms. The smallest absolute Gasteiger partial charge is 0.410 e. The van der Waals surface area contributed by atoms with Crippen LogP contribution in [0.25, 0.3) is 0 Å². The van der Waals surface area contributed by atoms with Crippen molar-refractivity contribution in [1.29, 1.82) is 0 Å². The summed E-state index contributed by atoms with van der Waals surface area (Å²) in [5.41, 5.74) is 1.04. The lowest BCUT2D eigenvalue weighted by molar-refractivity contribution is 0.0660. The van der Waals surface area contributed by atoms with Crippen molar-refractivity contribution in [1.82, 2.24) is 4.90 Å². The van der Waals surface area contributed by atoms with E-state index in [1.54, 1.807) is 0 Å². The number of alkyl halides is 1. The molecule has 1 amide bonds. The van der Waals surface area contributed by atoms with Crippen LogP contribution in [0.4, 0.5) is 4.79 Å². The number of carbonyl (C=O) groups excluding carboxylic acids is 1. The van der Waals surface area contributed by atoms with E-state index < -0.39 is 0 Å². The zero-order chi connectivity index (χ0) is 14.2. The van der Waals surface area contributed by atoms with Gasteiger partial charge in [-0.3, -0.25) is 0 Å². The average molecular weight is 387 g/mol. The minimum Gasteiger partial charge on any atom is -0.445 e. The zero-order valence-corrected chi connectivity index (χ0v) is 13.9. The van der Waals surface area contributed by atoms with Crippen LogP contribution in [0.3, 0.4) is 0 Å².